The average Bonchev–Trinajstić information content (AvgIpc) is 2.60. The van der Waals surface area contributed by atoms with Crippen LogP contribution >= 0.6 is 0 Å². The van der Waals surface area contributed by atoms with Crippen molar-refractivity contribution in [2.75, 3.05) is 6.61 Å². The highest BCUT2D eigenvalue weighted by atomic mass is 16.7. The van der Waals surface area contributed by atoms with Gasteiger partial charge in [0.05, 0.1) is 0 Å². The predicted molar refractivity (Wildman–Crippen MR) is 90.1 cm³/mol. The molecule has 0 radical (unpaired) electrons. The van der Waals surface area contributed by atoms with Crippen LogP contribution in [-0.2, 0) is 4.74 Å². The van der Waals surface area contributed by atoms with Gasteiger partial charge in [0.1, 0.15) is 12.2 Å². The van der Waals surface area contributed by atoms with E-state index >= 15 is 0 Å². The number of rotatable bonds is 2. The highest BCUT2D eigenvalue weighted by molar-refractivity contribution is 5.74. The highest BCUT2D eigenvalue weighted by Gasteiger charge is 2.42. The van der Waals surface area contributed by atoms with Crippen molar-refractivity contribution in [2.45, 2.75) is 69.8 Å². The molecule has 0 heterocycles. The van der Waals surface area contributed by atoms with Crippen molar-refractivity contribution >= 4 is 12.3 Å². The van der Waals surface area contributed by atoms with Crippen molar-refractivity contribution in [3.05, 3.63) is 0 Å². The molecular formula is C18H28O7. The number of hydrogen-bond acceptors (Lipinski definition) is 5. The van der Waals surface area contributed by atoms with E-state index in [0.29, 0.717) is 11.8 Å². The third-order valence-corrected chi connectivity index (χ3v) is 5.00. The Hall–Kier alpha value is -1.78. The largest absolute Gasteiger partial charge is 0.516 e. The molecule has 0 amide bonds. The molecule has 0 unspecified atom stereocenters. The summed E-state index contributed by atoms with van der Waals surface area (Å²) >= 11 is 0. The fourth-order valence-electron chi connectivity index (χ4n) is 3.88. The molecule has 0 atom stereocenters. The number of aliphatic hydroxyl groups is 2. The zero-order valence-electron chi connectivity index (χ0n) is 14.4. The Labute approximate surface area is 148 Å². The van der Waals surface area contributed by atoms with E-state index in [1.54, 1.807) is 0 Å². The first-order valence-corrected chi connectivity index (χ1v) is 8.87. The van der Waals surface area contributed by atoms with Crippen LogP contribution in [0.1, 0.15) is 64.2 Å². The number of hydrogen-bond donors (Lipinski definition) is 4. The van der Waals surface area contributed by atoms with Gasteiger partial charge in [0.15, 0.2) is 0 Å². The average molecular weight is 356 g/mol. The molecule has 25 heavy (non-hydrogen) atoms. The Morgan fingerprint density at radius 2 is 1.28 bits per heavy atom. The lowest BCUT2D eigenvalue weighted by Crippen LogP contribution is -2.45. The van der Waals surface area contributed by atoms with Crippen LogP contribution in [0.25, 0.3) is 0 Å². The molecule has 7 nitrogen and oxygen atoms in total. The Bertz CT molecular complexity index is 449. The SMILES string of the molecule is O=C(O)OC(=O)O.OCC#CC(O)(C1CCCCC1)C1CCCCC1. The Kier molecular flexibility index (Phi) is 9.32. The summed E-state index contributed by atoms with van der Waals surface area (Å²) in [6, 6.07) is 0. The zero-order valence-corrected chi connectivity index (χ0v) is 14.4. The van der Waals surface area contributed by atoms with Crippen molar-refractivity contribution in [1.29, 1.82) is 0 Å². The molecule has 0 aliphatic heterocycles. The predicted octanol–water partition coefficient (Wildman–Crippen LogP) is 3.23. The first-order chi connectivity index (χ1) is 11.9. The lowest BCUT2D eigenvalue weighted by Gasteiger charge is -2.42. The van der Waals surface area contributed by atoms with Gasteiger partial charge in [0.2, 0.25) is 0 Å². The summed E-state index contributed by atoms with van der Waals surface area (Å²) in [5.74, 6) is 6.43. The topological polar surface area (TPSA) is 124 Å². The summed E-state index contributed by atoms with van der Waals surface area (Å²) in [6.45, 7) is -0.137. The molecule has 2 aliphatic rings. The second-order valence-electron chi connectivity index (χ2n) is 6.59. The van der Waals surface area contributed by atoms with Crippen LogP contribution in [0.4, 0.5) is 9.59 Å². The molecule has 0 aromatic heterocycles. The molecule has 4 N–H and O–H groups in total. The van der Waals surface area contributed by atoms with Crippen molar-refractivity contribution in [3.63, 3.8) is 0 Å². The fraction of sp³-hybridized carbons (Fsp3) is 0.778. The van der Waals surface area contributed by atoms with Gasteiger partial charge in [-0.25, -0.2) is 9.59 Å². The van der Waals surface area contributed by atoms with Crippen molar-refractivity contribution in [3.8, 4) is 11.8 Å². The molecule has 2 fully saturated rings. The lowest BCUT2D eigenvalue weighted by atomic mass is 9.66. The first kappa shape index (κ1) is 21.3. The molecule has 142 valence electrons. The van der Waals surface area contributed by atoms with E-state index in [-0.39, 0.29) is 6.61 Å². The quantitative estimate of drug-likeness (QED) is 0.340. The van der Waals surface area contributed by atoms with Crippen LogP contribution in [0.2, 0.25) is 0 Å². The van der Waals surface area contributed by atoms with Crippen LogP contribution in [0.5, 0.6) is 0 Å². The van der Waals surface area contributed by atoms with E-state index in [2.05, 4.69) is 16.6 Å². The van der Waals surface area contributed by atoms with Gasteiger partial charge >= 0.3 is 12.3 Å². The summed E-state index contributed by atoms with van der Waals surface area (Å²) in [6.07, 6.45) is 8.28. The van der Waals surface area contributed by atoms with Crippen LogP contribution in [0.15, 0.2) is 0 Å². The Morgan fingerprint density at radius 3 is 1.56 bits per heavy atom. The molecule has 0 aromatic rings. The molecule has 0 bridgehead atoms. The van der Waals surface area contributed by atoms with E-state index in [0.717, 1.165) is 25.7 Å². The maximum absolute atomic E-state index is 11.1. The number of carboxylic acid groups (broad SMARTS) is 2. The first-order valence-electron chi connectivity index (χ1n) is 8.87. The maximum atomic E-state index is 11.1. The zero-order chi connectivity index (χ0) is 18.7. The lowest BCUT2D eigenvalue weighted by molar-refractivity contribution is -0.0433. The summed E-state index contributed by atoms with van der Waals surface area (Å²) < 4.78 is 3.08. The number of ether oxygens (including phenoxy) is 1. The second kappa shape index (κ2) is 11.0. The molecule has 2 aliphatic carbocycles. The Balaban J connectivity index is 0.000000381. The summed E-state index contributed by atoms with van der Waals surface area (Å²) in [5.41, 5.74) is -0.830. The van der Waals surface area contributed by atoms with Crippen LogP contribution in [-0.4, -0.2) is 44.9 Å². The second-order valence-corrected chi connectivity index (χ2v) is 6.59. The van der Waals surface area contributed by atoms with E-state index in [1.807, 2.05) is 0 Å². The van der Waals surface area contributed by atoms with E-state index < -0.39 is 17.9 Å². The molecule has 0 saturated heterocycles. The van der Waals surface area contributed by atoms with Gasteiger partial charge in [0, 0.05) is 0 Å². The van der Waals surface area contributed by atoms with Crippen molar-refractivity contribution in [2.24, 2.45) is 11.8 Å². The third-order valence-electron chi connectivity index (χ3n) is 5.00. The van der Waals surface area contributed by atoms with Gasteiger partial charge in [-0.15, -0.1) is 0 Å². The minimum atomic E-state index is -1.81. The number of aliphatic hydroxyl groups excluding tert-OH is 1. The van der Waals surface area contributed by atoms with Crippen molar-refractivity contribution in [1.82, 2.24) is 0 Å². The van der Waals surface area contributed by atoms with E-state index in [1.165, 1.54) is 38.5 Å². The van der Waals surface area contributed by atoms with Crippen LogP contribution < -0.4 is 0 Å². The fourth-order valence-corrected chi connectivity index (χ4v) is 3.88. The normalized spacial score (nSPS) is 19.0. The third kappa shape index (κ3) is 7.32. The van der Waals surface area contributed by atoms with Gasteiger partial charge in [-0.1, -0.05) is 50.4 Å². The minimum Gasteiger partial charge on any atom is -0.449 e. The van der Waals surface area contributed by atoms with Gasteiger partial charge < -0.3 is 25.2 Å². The minimum absolute atomic E-state index is 0.137. The molecule has 2 saturated carbocycles. The number of carbonyl (C=O) groups is 2. The smallest absolute Gasteiger partial charge is 0.449 e. The molecule has 7 heteroatoms. The van der Waals surface area contributed by atoms with E-state index in [4.69, 9.17) is 15.3 Å². The summed E-state index contributed by atoms with van der Waals surface area (Å²) in [7, 11) is 0. The van der Waals surface area contributed by atoms with Crippen molar-refractivity contribution < 1.29 is 34.8 Å². The summed E-state index contributed by atoms with van der Waals surface area (Å²) in [5, 5.41) is 35.0. The maximum Gasteiger partial charge on any atom is 0.516 e. The monoisotopic (exact) mass is 356 g/mol. The standard InChI is InChI=1S/C16H26O2.C2H2O5/c17-13-7-12-16(18,14-8-3-1-4-9-14)15-10-5-2-6-11-15;3-1(4)7-2(5)6/h14-15,17-18H,1-6,8-11,13H2;(H,3,4)(H,5,6). The molecule has 0 aromatic carbocycles. The van der Waals surface area contributed by atoms with Gasteiger partial charge in [-0.05, 0) is 37.5 Å². The van der Waals surface area contributed by atoms with E-state index in [9.17, 15) is 14.7 Å². The summed E-state index contributed by atoms with van der Waals surface area (Å²) in [4.78, 5) is 18.4. The van der Waals surface area contributed by atoms with Gasteiger partial charge in [-0.3, -0.25) is 0 Å². The van der Waals surface area contributed by atoms with Crippen LogP contribution in [0, 0.1) is 23.7 Å². The van der Waals surface area contributed by atoms with Gasteiger partial charge in [0.25, 0.3) is 0 Å². The van der Waals surface area contributed by atoms with Crippen LogP contribution in [0.3, 0.4) is 0 Å². The molecule has 0 spiro atoms. The molecular weight excluding hydrogens is 328 g/mol. The highest BCUT2D eigenvalue weighted by Crippen LogP contribution is 2.42. The van der Waals surface area contributed by atoms with Gasteiger partial charge in [-0.2, -0.15) is 0 Å². The molecule has 2 rings (SSSR count). The Morgan fingerprint density at radius 1 is 0.880 bits per heavy atom.